The Labute approximate surface area is 114 Å². The first kappa shape index (κ1) is 11.1. The molecule has 0 aliphatic rings. The Morgan fingerprint density at radius 1 is 1.00 bits per heavy atom. The molecule has 0 spiro atoms. The van der Waals surface area contributed by atoms with Gasteiger partial charge in [0, 0.05) is 11.8 Å². The van der Waals surface area contributed by atoms with Crippen molar-refractivity contribution >= 4 is 16.7 Å². The molecule has 4 rings (SSSR count). The van der Waals surface area contributed by atoms with Crippen LogP contribution in [0.2, 0.25) is 0 Å². The highest BCUT2D eigenvalue weighted by Crippen LogP contribution is 2.22. The minimum atomic E-state index is -0.262. The third-order valence-electron chi connectivity index (χ3n) is 3.31. The second-order valence-electron chi connectivity index (χ2n) is 4.61. The third-order valence-corrected chi connectivity index (χ3v) is 3.31. The summed E-state index contributed by atoms with van der Waals surface area (Å²) in [6, 6.07) is 14.3. The molecule has 0 bridgehead atoms. The average Bonchev–Trinajstić information content (AvgIpc) is 2.92. The molecule has 0 aliphatic heterocycles. The Bertz CT molecular complexity index is 927. The zero-order valence-electron chi connectivity index (χ0n) is 10.5. The molecule has 4 aromatic rings. The van der Waals surface area contributed by atoms with Gasteiger partial charge < -0.3 is 0 Å². The van der Waals surface area contributed by atoms with Crippen LogP contribution in [0.15, 0.2) is 60.9 Å². The second-order valence-corrected chi connectivity index (χ2v) is 4.61. The molecule has 0 amide bonds. The summed E-state index contributed by atoms with van der Waals surface area (Å²) in [5.74, 6) is -0.262. The largest absolute Gasteiger partial charge is 0.296 e. The normalized spacial score (nSPS) is 11.2. The quantitative estimate of drug-likeness (QED) is 0.524. The minimum Gasteiger partial charge on any atom is -0.296 e. The average molecular weight is 263 g/mol. The fraction of sp³-hybridized carbons (Fsp3) is 0. The lowest BCUT2D eigenvalue weighted by molar-refractivity contribution is 0.628. The summed E-state index contributed by atoms with van der Waals surface area (Å²) in [6.45, 7) is 0. The van der Waals surface area contributed by atoms with Crippen LogP contribution in [0.1, 0.15) is 0 Å². The molecular weight excluding hydrogens is 253 g/mol. The molecule has 0 unspecified atom stereocenters. The fourth-order valence-electron chi connectivity index (χ4n) is 2.37. The van der Waals surface area contributed by atoms with E-state index in [0.29, 0.717) is 0 Å². The zero-order valence-corrected chi connectivity index (χ0v) is 10.5. The number of hydrogen-bond donors (Lipinski definition) is 0. The number of aromatic nitrogens is 3. The number of halogens is 1. The van der Waals surface area contributed by atoms with Gasteiger partial charge in [-0.2, -0.15) is 0 Å². The third kappa shape index (κ3) is 1.66. The van der Waals surface area contributed by atoms with Gasteiger partial charge in [-0.05, 0) is 24.3 Å². The number of rotatable bonds is 1. The molecule has 0 aliphatic carbocycles. The molecular formula is C16H10FN3. The van der Waals surface area contributed by atoms with E-state index in [0.717, 1.165) is 27.9 Å². The van der Waals surface area contributed by atoms with E-state index >= 15 is 0 Å². The van der Waals surface area contributed by atoms with Crippen LogP contribution < -0.4 is 0 Å². The van der Waals surface area contributed by atoms with E-state index in [9.17, 15) is 4.39 Å². The van der Waals surface area contributed by atoms with Gasteiger partial charge in [0.15, 0.2) is 5.65 Å². The van der Waals surface area contributed by atoms with E-state index < -0.39 is 0 Å². The monoisotopic (exact) mass is 263 g/mol. The van der Waals surface area contributed by atoms with Gasteiger partial charge >= 0.3 is 0 Å². The molecule has 96 valence electrons. The second kappa shape index (κ2) is 4.13. The number of hydrogen-bond acceptors (Lipinski definition) is 2. The van der Waals surface area contributed by atoms with Gasteiger partial charge in [0.2, 0.25) is 0 Å². The first-order valence-electron chi connectivity index (χ1n) is 6.30. The molecule has 2 aromatic heterocycles. The summed E-state index contributed by atoms with van der Waals surface area (Å²) in [5, 5.41) is 0. The Hall–Kier alpha value is -2.75. The molecule has 2 aromatic carbocycles. The highest BCUT2D eigenvalue weighted by atomic mass is 19.1. The van der Waals surface area contributed by atoms with Gasteiger partial charge in [-0.3, -0.25) is 9.38 Å². The lowest BCUT2D eigenvalue weighted by atomic mass is 10.2. The predicted molar refractivity (Wildman–Crippen MR) is 75.9 cm³/mol. The Morgan fingerprint density at radius 2 is 1.90 bits per heavy atom. The van der Waals surface area contributed by atoms with Gasteiger partial charge in [0.05, 0.1) is 22.9 Å². The zero-order chi connectivity index (χ0) is 13.5. The summed E-state index contributed by atoms with van der Waals surface area (Å²) < 4.78 is 15.3. The molecule has 0 radical (unpaired) electrons. The Kier molecular flexibility index (Phi) is 2.29. The molecule has 0 saturated heterocycles. The van der Waals surface area contributed by atoms with Gasteiger partial charge in [-0.1, -0.05) is 24.3 Å². The predicted octanol–water partition coefficient (Wildman–Crippen LogP) is 3.69. The SMILES string of the molecule is Fc1cccc(-c2cn3c(cnc4ccccc43)n2)c1. The molecule has 20 heavy (non-hydrogen) atoms. The first-order valence-corrected chi connectivity index (χ1v) is 6.30. The van der Waals surface area contributed by atoms with E-state index in [1.54, 1.807) is 12.3 Å². The molecule has 0 fully saturated rings. The van der Waals surface area contributed by atoms with Crippen molar-refractivity contribution in [3.05, 3.63) is 66.7 Å². The molecule has 0 N–H and O–H groups in total. The van der Waals surface area contributed by atoms with Crippen LogP contribution in [0, 0.1) is 5.82 Å². The van der Waals surface area contributed by atoms with E-state index in [1.165, 1.54) is 12.1 Å². The van der Waals surface area contributed by atoms with Gasteiger partial charge in [0.25, 0.3) is 0 Å². The summed E-state index contributed by atoms with van der Waals surface area (Å²) in [5.41, 5.74) is 4.15. The van der Waals surface area contributed by atoms with E-state index in [4.69, 9.17) is 0 Å². The van der Waals surface area contributed by atoms with Crippen molar-refractivity contribution in [1.82, 2.24) is 14.4 Å². The molecule has 3 nitrogen and oxygen atoms in total. The highest BCUT2D eigenvalue weighted by Gasteiger charge is 2.07. The summed E-state index contributed by atoms with van der Waals surface area (Å²) in [4.78, 5) is 8.88. The summed E-state index contributed by atoms with van der Waals surface area (Å²) in [6.07, 6.45) is 3.64. The summed E-state index contributed by atoms with van der Waals surface area (Å²) >= 11 is 0. The topological polar surface area (TPSA) is 30.2 Å². The van der Waals surface area contributed by atoms with Crippen molar-refractivity contribution < 1.29 is 4.39 Å². The van der Waals surface area contributed by atoms with Crippen LogP contribution >= 0.6 is 0 Å². The van der Waals surface area contributed by atoms with Crippen LogP contribution in [0.5, 0.6) is 0 Å². The minimum absolute atomic E-state index is 0.262. The standard InChI is InChI=1S/C16H10FN3/c17-12-5-3-4-11(8-12)14-10-20-15-7-2-1-6-13(15)18-9-16(20)19-14/h1-10H. The number of fused-ring (bicyclic) bond motifs is 3. The van der Waals surface area contributed by atoms with E-state index in [1.807, 2.05) is 40.9 Å². The van der Waals surface area contributed by atoms with Crippen molar-refractivity contribution in [3.8, 4) is 11.3 Å². The molecule has 4 heteroatoms. The highest BCUT2D eigenvalue weighted by molar-refractivity contribution is 5.78. The number of nitrogens with zero attached hydrogens (tertiary/aromatic N) is 3. The van der Waals surface area contributed by atoms with E-state index in [-0.39, 0.29) is 5.82 Å². The lowest BCUT2D eigenvalue weighted by Gasteiger charge is -1.99. The van der Waals surface area contributed by atoms with E-state index in [2.05, 4.69) is 9.97 Å². The van der Waals surface area contributed by atoms with Crippen molar-refractivity contribution in [2.45, 2.75) is 0 Å². The number of para-hydroxylation sites is 2. The van der Waals surface area contributed by atoms with Crippen LogP contribution in [0.3, 0.4) is 0 Å². The van der Waals surface area contributed by atoms with Crippen molar-refractivity contribution in [3.63, 3.8) is 0 Å². The first-order chi connectivity index (χ1) is 9.81. The Balaban J connectivity index is 2.01. The maximum Gasteiger partial charge on any atom is 0.156 e. The number of imidazole rings is 1. The van der Waals surface area contributed by atoms with Crippen molar-refractivity contribution in [2.24, 2.45) is 0 Å². The van der Waals surface area contributed by atoms with Crippen LogP contribution in [-0.2, 0) is 0 Å². The maximum absolute atomic E-state index is 13.3. The van der Waals surface area contributed by atoms with Crippen LogP contribution in [0.4, 0.5) is 4.39 Å². The molecule has 0 atom stereocenters. The smallest absolute Gasteiger partial charge is 0.156 e. The molecule has 0 saturated carbocycles. The van der Waals surface area contributed by atoms with Crippen LogP contribution in [0.25, 0.3) is 27.9 Å². The fourth-order valence-corrected chi connectivity index (χ4v) is 2.37. The van der Waals surface area contributed by atoms with Gasteiger partial charge in [-0.25, -0.2) is 9.37 Å². The Morgan fingerprint density at radius 3 is 2.80 bits per heavy atom. The van der Waals surface area contributed by atoms with Gasteiger partial charge in [-0.15, -0.1) is 0 Å². The molecule has 2 heterocycles. The number of benzene rings is 2. The lowest BCUT2D eigenvalue weighted by Crippen LogP contribution is -1.88. The maximum atomic E-state index is 13.3. The van der Waals surface area contributed by atoms with Crippen LogP contribution in [-0.4, -0.2) is 14.4 Å². The van der Waals surface area contributed by atoms with Gasteiger partial charge in [0.1, 0.15) is 5.82 Å². The van der Waals surface area contributed by atoms with Crippen molar-refractivity contribution in [2.75, 3.05) is 0 Å². The van der Waals surface area contributed by atoms with Crippen molar-refractivity contribution in [1.29, 1.82) is 0 Å². The summed E-state index contributed by atoms with van der Waals surface area (Å²) in [7, 11) is 0.